The molecule has 3 aliphatic rings. The summed E-state index contributed by atoms with van der Waals surface area (Å²) in [5, 5.41) is 3.66. The zero-order valence-electron chi connectivity index (χ0n) is 17.6. The second-order valence-corrected chi connectivity index (χ2v) is 8.28. The average molecular weight is 419 g/mol. The molecule has 0 amide bonds. The number of guanidine groups is 1. The number of methoxy groups -OCH3 is 1. The quantitative estimate of drug-likeness (QED) is 0.703. The summed E-state index contributed by atoms with van der Waals surface area (Å²) in [5.41, 5.74) is 3.17. The summed E-state index contributed by atoms with van der Waals surface area (Å²) in [4.78, 5) is 14.4. The van der Waals surface area contributed by atoms with Crippen LogP contribution < -0.4 is 15.0 Å². The number of nitrogens with zero attached hydrogens (tertiary/aromatic N) is 5. The minimum atomic E-state index is -0.114. The summed E-state index contributed by atoms with van der Waals surface area (Å²) < 4.78 is 13.6. The van der Waals surface area contributed by atoms with Crippen molar-refractivity contribution in [2.45, 2.75) is 25.1 Å². The molecule has 31 heavy (non-hydrogen) atoms. The standard InChI is InChI=1S/C23H26N6O2/c1-30-17-7-4-6-16(12-17)21-26-22-24-14-27(13-18-8-5-11-31-18)15-28(22)23-25-19-9-2-3-10-20(19)29(21)23/h2-4,6-7,9-10,12,18,21H,5,8,11,13-15H2,1H3,(H,24,26)/t18-,21+/m1/s1. The van der Waals surface area contributed by atoms with E-state index < -0.39 is 0 Å². The highest BCUT2D eigenvalue weighted by atomic mass is 16.5. The molecule has 1 aromatic heterocycles. The normalized spacial score (nSPS) is 23.3. The Morgan fingerprint density at radius 3 is 3.00 bits per heavy atom. The lowest BCUT2D eigenvalue weighted by Crippen LogP contribution is -2.58. The number of hydrogen-bond acceptors (Lipinski definition) is 7. The maximum atomic E-state index is 5.85. The van der Waals surface area contributed by atoms with E-state index in [9.17, 15) is 0 Å². The Morgan fingerprint density at radius 1 is 1.19 bits per heavy atom. The van der Waals surface area contributed by atoms with Gasteiger partial charge in [-0.05, 0) is 42.7 Å². The number of para-hydroxylation sites is 2. The van der Waals surface area contributed by atoms with Crippen LogP contribution in [0.25, 0.3) is 11.0 Å². The van der Waals surface area contributed by atoms with Crippen LogP contribution in [0.3, 0.4) is 0 Å². The van der Waals surface area contributed by atoms with Crippen LogP contribution in [0.2, 0.25) is 0 Å². The molecular weight excluding hydrogens is 392 g/mol. The molecule has 0 bridgehead atoms. The van der Waals surface area contributed by atoms with Crippen molar-refractivity contribution in [3.05, 3.63) is 54.1 Å². The van der Waals surface area contributed by atoms with Crippen molar-refractivity contribution >= 4 is 22.9 Å². The summed E-state index contributed by atoms with van der Waals surface area (Å²) in [7, 11) is 1.70. The number of ether oxygens (including phenoxy) is 2. The summed E-state index contributed by atoms with van der Waals surface area (Å²) in [6.07, 6.45) is 2.47. The minimum Gasteiger partial charge on any atom is -0.497 e. The number of nitrogens with one attached hydrogen (secondary N) is 1. The number of fused-ring (bicyclic) bond motifs is 5. The third kappa shape index (κ3) is 3.23. The summed E-state index contributed by atoms with van der Waals surface area (Å²) >= 11 is 0. The van der Waals surface area contributed by atoms with E-state index in [1.54, 1.807) is 7.11 Å². The second-order valence-electron chi connectivity index (χ2n) is 8.28. The van der Waals surface area contributed by atoms with Gasteiger partial charge in [0, 0.05) is 13.2 Å². The van der Waals surface area contributed by atoms with Gasteiger partial charge in [0.2, 0.25) is 11.9 Å². The Labute approximate surface area is 181 Å². The maximum absolute atomic E-state index is 5.85. The molecule has 0 unspecified atom stereocenters. The SMILES string of the molecule is COc1cccc([C@H]2NC3=NCN(C[C@H]4CCCO4)CN3c3nc4ccccc4n32)c1. The summed E-state index contributed by atoms with van der Waals surface area (Å²) in [6.45, 7) is 3.16. The van der Waals surface area contributed by atoms with Crippen molar-refractivity contribution in [1.29, 1.82) is 0 Å². The lowest BCUT2D eigenvalue weighted by atomic mass is 10.1. The van der Waals surface area contributed by atoms with Crippen LogP contribution in [0.5, 0.6) is 5.75 Å². The Kier molecular flexibility index (Phi) is 4.54. The Hall–Kier alpha value is -3.10. The molecule has 4 heterocycles. The molecule has 1 fully saturated rings. The van der Waals surface area contributed by atoms with Crippen molar-refractivity contribution in [2.24, 2.45) is 4.99 Å². The van der Waals surface area contributed by atoms with Gasteiger partial charge >= 0.3 is 0 Å². The Morgan fingerprint density at radius 2 is 2.13 bits per heavy atom. The van der Waals surface area contributed by atoms with Gasteiger partial charge in [-0.3, -0.25) is 14.4 Å². The van der Waals surface area contributed by atoms with E-state index >= 15 is 0 Å². The number of hydrogen-bond donors (Lipinski definition) is 1. The van der Waals surface area contributed by atoms with Crippen LogP contribution in [0.4, 0.5) is 5.95 Å². The number of anilines is 1. The molecule has 1 saturated heterocycles. The fourth-order valence-corrected chi connectivity index (χ4v) is 4.74. The topological polar surface area (TPSA) is 67.2 Å². The molecule has 2 atom stereocenters. The van der Waals surface area contributed by atoms with Gasteiger partial charge in [-0.1, -0.05) is 24.3 Å². The first-order valence-corrected chi connectivity index (χ1v) is 10.8. The van der Waals surface area contributed by atoms with Crippen molar-refractivity contribution < 1.29 is 9.47 Å². The molecule has 1 N–H and O–H groups in total. The van der Waals surface area contributed by atoms with E-state index in [2.05, 4.69) is 50.0 Å². The van der Waals surface area contributed by atoms with Gasteiger partial charge in [-0.25, -0.2) is 9.98 Å². The van der Waals surface area contributed by atoms with Crippen molar-refractivity contribution in [3.8, 4) is 5.75 Å². The van der Waals surface area contributed by atoms with Crippen molar-refractivity contribution in [2.75, 3.05) is 38.5 Å². The van der Waals surface area contributed by atoms with Crippen LogP contribution in [0, 0.1) is 0 Å². The van der Waals surface area contributed by atoms with Crippen molar-refractivity contribution in [3.63, 3.8) is 0 Å². The van der Waals surface area contributed by atoms with Gasteiger partial charge in [-0.15, -0.1) is 0 Å². The second kappa shape index (κ2) is 7.55. The maximum Gasteiger partial charge on any atom is 0.216 e. The third-order valence-corrected chi connectivity index (χ3v) is 6.26. The van der Waals surface area contributed by atoms with Gasteiger partial charge in [0.1, 0.15) is 11.9 Å². The molecule has 8 heteroatoms. The van der Waals surface area contributed by atoms with Crippen LogP contribution in [-0.4, -0.2) is 60.1 Å². The molecule has 0 aliphatic carbocycles. The first-order chi connectivity index (χ1) is 15.3. The summed E-state index contributed by atoms with van der Waals surface area (Å²) in [5.74, 6) is 2.60. The Balaban J connectivity index is 1.41. The highest BCUT2D eigenvalue weighted by Gasteiger charge is 2.36. The zero-order valence-corrected chi connectivity index (χ0v) is 17.6. The number of aromatic nitrogens is 2. The third-order valence-electron chi connectivity index (χ3n) is 6.26. The predicted octanol–water partition coefficient (Wildman–Crippen LogP) is 2.77. The lowest BCUT2D eigenvalue weighted by Gasteiger charge is -2.42. The molecule has 0 saturated carbocycles. The first kappa shape index (κ1) is 18.7. The lowest BCUT2D eigenvalue weighted by molar-refractivity contribution is 0.0732. The van der Waals surface area contributed by atoms with E-state index in [0.29, 0.717) is 12.8 Å². The average Bonchev–Trinajstić information content (AvgIpc) is 3.46. The van der Waals surface area contributed by atoms with E-state index in [1.165, 1.54) is 0 Å². The van der Waals surface area contributed by atoms with E-state index in [-0.39, 0.29) is 6.17 Å². The smallest absolute Gasteiger partial charge is 0.216 e. The van der Waals surface area contributed by atoms with Crippen LogP contribution in [0.15, 0.2) is 53.5 Å². The highest BCUT2D eigenvalue weighted by Crippen LogP contribution is 2.34. The molecule has 0 radical (unpaired) electrons. The molecule has 6 rings (SSSR count). The number of aliphatic imine (C=N–C) groups is 1. The van der Waals surface area contributed by atoms with Crippen LogP contribution >= 0.6 is 0 Å². The molecule has 8 nitrogen and oxygen atoms in total. The van der Waals surface area contributed by atoms with Gasteiger partial charge in [0.15, 0.2) is 0 Å². The predicted molar refractivity (Wildman–Crippen MR) is 119 cm³/mol. The van der Waals surface area contributed by atoms with Gasteiger partial charge in [0.25, 0.3) is 0 Å². The highest BCUT2D eigenvalue weighted by molar-refractivity contribution is 5.98. The van der Waals surface area contributed by atoms with E-state index in [1.807, 2.05) is 18.2 Å². The summed E-state index contributed by atoms with van der Waals surface area (Å²) in [6, 6.07) is 16.4. The Bertz CT molecular complexity index is 1140. The van der Waals surface area contributed by atoms with Gasteiger partial charge in [0.05, 0.1) is 37.6 Å². The number of benzene rings is 2. The first-order valence-electron chi connectivity index (χ1n) is 10.8. The van der Waals surface area contributed by atoms with Crippen LogP contribution in [-0.2, 0) is 4.74 Å². The molecule has 160 valence electrons. The van der Waals surface area contributed by atoms with Crippen molar-refractivity contribution in [1.82, 2.24) is 19.8 Å². The number of rotatable bonds is 4. The fourth-order valence-electron chi connectivity index (χ4n) is 4.74. The van der Waals surface area contributed by atoms with Gasteiger partial charge < -0.3 is 14.8 Å². The number of imidazole rings is 1. The molecular formula is C23H26N6O2. The van der Waals surface area contributed by atoms with E-state index in [4.69, 9.17) is 19.5 Å². The van der Waals surface area contributed by atoms with Crippen LogP contribution in [0.1, 0.15) is 24.6 Å². The van der Waals surface area contributed by atoms with Gasteiger partial charge in [-0.2, -0.15) is 0 Å². The zero-order chi connectivity index (χ0) is 20.8. The van der Waals surface area contributed by atoms with E-state index in [0.717, 1.165) is 66.9 Å². The fraction of sp³-hybridized carbons (Fsp3) is 0.391. The minimum absolute atomic E-state index is 0.114. The largest absolute Gasteiger partial charge is 0.497 e. The molecule has 3 aliphatic heterocycles. The molecule has 2 aromatic carbocycles. The monoisotopic (exact) mass is 418 g/mol. The molecule has 0 spiro atoms. The molecule has 3 aromatic rings.